The Morgan fingerprint density at radius 2 is 1.72 bits per heavy atom. The molecule has 0 aliphatic carbocycles. The van der Waals surface area contributed by atoms with Gasteiger partial charge in [-0.2, -0.15) is 5.10 Å². The molecule has 0 fully saturated rings. The number of ether oxygens (including phenoxy) is 1. The van der Waals surface area contributed by atoms with E-state index in [2.05, 4.69) is 21.2 Å². The maximum atomic E-state index is 12.1. The molecule has 0 atom stereocenters. The number of carbonyl (C=O) groups is 3. The molecule has 0 heterocycles. The van der Waals surface area contributed by atoms with Crippen LogP contribution in [0.4, 0.5) is 11.4 Å². The number of nitrogens with zero attached hydrogens (tertiary/aromatic N) is 1. The quantitative estimate of drug-likeness (QED) is 0.382. The number of hydrogen-bond acceptors (Lipinski definition) is 5. The van der Waals surface area contributed by atoms with E-state index in [1.807, 2.05) is 0 Å². The van der Waals surface area contributed by atoms with E-state index in [-0.39, 0.29) is 12.3 Å². The highest BCUT2D eigenvalue weighted by atomic mass is 35.5. The molecule has 2 rings (SSSR count). The van der Waals surface area contributed by atoms with Crippen molar-refractivity contribution in [2.75, 3.05) is 17.7 Å². The molecule has 0 aromatic heterocycles. The first kappa shape index (κ1) is 21.9. The van der Waals surface area contributed by atoms with Crippen LogP contribution in [0.3, 0.4) is 0 Å². The molecular weight excluding hydrogens is 396 g/mol. The Morgan fingerprint density at radius 1 is 1.03 bits per heavy atom. The van der Waals surface area contributed by atoms with Gasteiger partial charge < -0.3 is 15.4 Å². The number of hydrogen-bond donors (Lipinski definition) is 3. The van der Waals surface area contributed by atoms with Crippen LogP contribution in [0, 0.1) is 6.92 Å². The van der Waals surface area contributed by atoms with Crippen molar-refractivity contribution in [2.24, 2.45) is 5.10 Å². The number of nitrogens with one attached hydrogen (secondary N) is 3. The number of halogens is 1. The third-order valence-corrected chi connectivity index (χ3v) is 4.27. The number of amides is 3. The second-order valence-corrected chi connectivity index (χ2v) is 6.52. The third kappa shape index (κ3) is 6.62. The van der Waals surface area contributed by atoms with E-state index in [4.69, 9.17) is 16.3 Å². The largest absolute Gasteiger partial charge is 0.497 e. The van der Waals surface area contributed by atoms with Gasteiger partial charge in [-0.1, -0.05) is 17.7 Å². The van der Waals surface area contributed by atoms with E-state index in [0.29, 0.717) is 27.9 Å². The first-order valence-corrected chi connectivity index (χ1v) is 9.01. The highest BCUT2D eigenvalue weighted by Gasteiger charge is 2.14. The van der Waals surface area contributed by atoms with Crippen molar-refractivity contribution >= 4 is 46.4 Å². The zero-order valence-corrected chi connectivity index (χ0v) is 17.0. The van der Waals surface area contributed by atoms with Gasteiger partial charge in [-0.05, 0) is 55.8 Å². The number of methoxy groups -OCH3 is 1. The Labute approximate surface area is 173 Å². The normalized spacial score (nSPS) is 10.8. The van der Waals surface area contributed by atoms with E-state index < -0.39 is 11.8 Å². The molecule has 2 aromatic carbocycles. The lowest BCUT2D eigenvalue weighted by atomic mass is 10.2. The first-order chi connectivity index (χ1) is 13.8. The minimum atomic E-state index is -0.953. The summed E-state index contributed by atoms with van der Waals surface area (Å²) in [7, 11) is 1.53. The predicted octanol–water partition coefficient (Wildman–Crippen LogP) is 3.12. The van der Waals surface area contributed by atoms with Crippen LogP contribution >= 0.6 is 11.6 Å². The van der Waals surface area contributed by atoms with E-state index in [1.54, 1.807) is 56.3 Å². The van der Waals surface area contributed by atoms with Gasteiger partial charge in [-0.3, -0.25) is 14.4 Å². The van der Waals surface area contributed by atoms with E-state index in [1.165, 1.54) is 7.11 Å². The summed E-state index contributed by atoms with van der Waals surface area (Å²) in [5.74, 6) is -1.54. The predicted molar refractivity (Wildman–Crippen MR) is 112 cm³/mol. The van der Waals surface area contributed by atoms with E-state index >= 15 is 0 Å². The average molecular weight is 417 g/mol. The summed E-state index contributed by atoms with van der Waals surface area (Å²) < 4.78 is 5.02. The molecule has 0 aliphatic heterocycles. The Hall–Kier alpha value is -3.39. The second-order valence-electron chi connectivity index (χ2n) is 6.11. The molecule has 0 saturated heterocycles. The Balaban J connectivity index is 1.85. The molecule has 3 amide bonds. The summed E-state index contributed by atoms with van der Waals surface area (Å²) in [6, 6.07) is 11.7. The second kappa shape index (κ2) is 10.2. The molecule has 152 valence electrons. The molecule has 0 radical (unpaired) electrons. The smallest absolute Gasteiger partial charge is 0.329 e. The van der Waals surface area contributed by atoms with Crippen LogP contribution in [0.1, 0.15) is 18.9 Å². The fourth-order valence-corrected chi connectivity index (χ4v) is 2.44. The van der Waals surface area contributed by atoms with Crippen LogP contribution in [0.25, 0.3) is 0 Å². The standard InChI is InChI=1S/C20H21ClN4O4/c1-12(11-18(26)23-17-6-4-5-16(21)13(17)2)24-25-20(28)19(27)22-14-7-9-15(29-3)10-8-14/h4-10H,11H2,1-3H3,(H,22,27)(H,23,26)(H,25,28)/b24-12-. The van der Waals surface area contributed by atoms with Gasteiger partial charge in [0.15, 0.2) is 0 Å². The van der Waals surface area contributed by atoms with Crippen LogP contribution in [-0.4, -0.2) is 30.5 Å². The molecule has 0 aliphatic rings. The number of hydrazone groups is 1. The summed E-state index contributed by atoms with van der Waals surface area (Å²) >= 11 is 6.02. The summed E-state index contributed by atoms with van der Waals surface area (Å²) in [5, 5.41) is 9.49. The van der Waals surface area contributed by atoms with Gasteiger partial charge in [0.2, 0.25) is 5.91 Å². The maximum Gasteiger partial charge on any atom is 0.329 e. The summed E-state index contributed by atoms with van der Waals surface area (Å²) in [6.07, 6.45) is -0.0632. The molecule has 0 saturated carbocycles. The minimum absolute atomic E-state index is 0.0632. The fraction of sp³-hybridized carbons (Fsp3) is 0.200. The van der Waals surface area contributed by atoms with Gasteiger partial charge in [0.1, 0.15) is 5.75 Å². The maximum absolute atomic E-state index is 12.1. The fourth-order valence-electron chi connectivity index (χ4n) is 2.27. The molecule has 9 heteroatoms. The zero-order valence-electron chi connectivity index (χ0n) is 16.2. The summed E-state index contributed by atoms with van der Waals surface area (Å²) in [5.41, 5.74) is 4.23. The molecule has 8 nitrogen and oxygen atoms in total. The van der Waals surface area contributed by atoms with Crippen molar-refractivity contribution in [3.63, 3.8) is 0 Å². The van der Waals surface area contributed by atoms with Gasteiger partial charge in [0.25, 0.3) is 0 Å². The SMILES string of the molecule is COc1ccc(NC(=O)C(=O)N/N=C(/C)CC(=O)Nc2cccc(Cl)c2C)cc1. The topological polar surface area (TPSA) is 109 Å². The highest BCUT2D eigenvalue weighted by molar-refractivity contribution is 6.39. The van der Waals surface area contributed by atoms with Crippen molar-refractivity contribution in [1.82, 2.24) is 5.43 Å². The van der Waals surface area contributed by atoms with Crippen molar-refractivity contribution < 1.29 is 19.1 Å². The van der Waals surface area contributed by atoms with Crippen molar-refractivity contribution in [3.05, 3.63) is 53.1 Å². The Kier molecular flexibility index (Phi) is 7.73. The highest BCUT2D eigenvalue weighted by Crippen LogP contribution is 2.23. The van der Waals surface area contributed by atoms with Crippen LogP contribution in [-0.2, 0) is 14.4 Å². The molecule has 0 spiro atoms. The monoisotopic (exact) mass is 416 g/mol. The Morgan fingerprint density at radius 3 is 2.38 bits per heavy atom. The number of carbonyl (C=O) groups excluding carboxylic acids is 3. The number of anilines is 2. The lowest BCUT2D eigenvalue weighted by Crippen LogP contribution is -2.33. The Bertz CT molecular complexity index is 942. The van der Waals surface area contributed by atoms with Crippen LogP contribution in [0.5, 0.6) is 5.75 Å². The lowest BCUT2D eigenvalue weighted by molar-refractivity contribution is -0.136. The van der Waals surface area contributed by atoms with Gasteiger partial charge in [-0.15, -0.1) is 0 Å². The van der Waals surface area contributed by atoms with Crippen LogP contribution in [0.15, 0.2) is 47.6 Å². The van der Waals surface area contributed by atoms with Gasteiger partial charge in [0.05, 0.1) is 13.5 Å². The van der Waals surface area contributed by atoms with E-state index in [0.717, 1.165) is 5.56 Å². The number of benzene rings is 2. The molecule has 29 heavy (non-hydrogen) atoms. The third-order valence-electron chi connectivity index (χ3n) is 3.86. The van der Waals surface area contributed by atoms with Crippen LogP contribution in [0.2, 0.25) is 5.02 Å². The molecule has 2 aromatic rings. The van der Waals surface area contributed by atoms with Gasteiger partial charge >= 0.3 is 11.8 Å². The average Bonchev–Trinajstić information content (AvgIpc) is 2.70. The van der Waals surface area contributed by atoms with E-state index in [9.17, 15) is 14.4 Å². The van der Waals surface area contributed by atoms with Crippen LogP contribution < -0.4 is 20.8 Å². The minimum Gasteiger partial charge on any atom is -0.497 e. The zero-order chi connectivity index (χ0) is 21.4. The molecular formula is C20H21ClN4O4. The summed E-state index contributed by atoms with van der Waals surface area (Å²) in [4.78, 5) is 35.9. The number of rotatable bonds is 6. The molecule has 0 unspecified atom stereocenters. The molecule has 3 N–H and O–H groups in total. The summed E-state index contributed by atoms with van der Waals surface area (Å²) in [6.45, 7) is 3.35. The van der Waals surface area contributed by atoms with Crippen molar-refractivity contribution in [1.29, 1.82) is 0 Å². The lowest BCUT2D eigenvalue weighted by Gasteiger charge is -2.09. The van der Waals surface area contributed by atoms with Gasteiger partial charge in [-0.25, -0.2) is 5.43 Å². The van der Waals surface area contributed by atoms with Gasteiger partial charge in [0, 0.05) is 22.1 Å². The van der Waals surface area contributed by atoms with Crippen molar-refractivity contribution in [3.8, 4) is 5.75 Å². The molecule has 0 bridgehead atoms. The van der Waals surface area contributed by atoms with Crippen molar-refractivity contribution in [2.45, 2.75) is 20.3 Å². The first-order valence-electron chi connectivity index (χ1n) is 8.63.